The molecule has 0 unspecified atom stereocenters. The van der Waals surface area contributed by atoms with Crippen molar-refractivity contribution in [2.75, 3.05) is 5.32 Å². The molecule has 7 nitrogen and oxygen atoms in total. The smallest absolute Gasteiger partial charge is 0.284 e. The number of nitrogen functional groups attached to an aromatic ring is 1. The number of amides is 1. The van der Waals surface area contributed by atoms with E-state index < -0.39 is 33.4 Å². The molecule has 11 heteroatoms. The van der Waals surface area contributed by atoms with Gasteiger partial charge in [0.2, 0.25) is 10.0 Å². The number of hydrogen-bond acceptors (Lipinski definition) is 4. The predicted octanol–water partition coefficient (Wildman–Crippen LogP) is 4.42. The Kier molecular flexibility index (Phi) is 7.15. The van der Waals surface area contributed by atoms with Crippen molar-refractivity contribution in [2.45, 2.75) is 11.8 Å². The number of rotatable bonds is 6. The standard InChI is InChI=1S/C23H19ClF2N4O3S/c1-12(13-6-8-16(22(27)28)18(25)11-13)21(26)23(31)30-19-9-7-14(10-17(19)24)15-4-2-3-5-20(15)34(29,32)33/h2-11H,1H3,(H3,27,28)(H,30,31)(H2,29,32,33)/b21-12+. The molecule has 3 rings (SSSR count). The van der Waals surface area contributed by atoms with E-state index in [1.54, 1.807) is 12.1 Å². The first-order chi connectivity index (χ1) is 15.9. The summed E-state index contributed by atoms with van der Waals surface area (Å²) in [6.45, 7) is 1.30. The molecule has 0 aliphatic carbocycles. The second-order valence-corrected chi connectivity index (χ2v) is 9.17. The summed E-state index contributed by atoms with van der Waals surface area (Å²) in [5.41, 5.74) is 5.88. The van der Waals surface area contributed by atoms with Crippen LogP contribution in [0.5, 0.6) is 0 Å². The number of carbonyl (C=O) groups is 1. The van der Waals surface area contributed by atoms with Crippen LogP contribution in [0.25, 0.3) is 16.7 Å². The van der Waals surface area contributed by atoms with Crippen molar-refractivity contribution in [3.05, 3.63) is 88.5 Å². The van der Waals surface area contributed by atoms with Crippen molar-refractivity contribution in [3.8, 4) is 11.1 Å². The van der Waals surface area contributed by atoms with Crippen LogP contribution in [0.4, 0.5) is 14.5 Å². The zero-order valence-electron chi connectivity index (χ0n) is 17.7. The number of nitrogens with one attached hydrogen (secondary N) is 2. The fraction of sp³-hybridized carbons (Fsp3) is 0.0435. The normalized spacial score (nSPS) is 12.1. The van der Waals surface area contributed by atoms with Crippen LogP contribution in [0.1, 0.15) is 18.1 Å². The Bertz CT molecular complexity index is 1460. The van der Waals surface area contributed by atoms with Crippen molar-refractivity contribution >= 4 is 44.6 Å². The molecule has 0 aliphatic rings. The Balaban J connectivity index is 1.89. The van der Waals surface area contributed by atoms with E-state index in [4.69, 9.17) is 27.9 Å². The maximum atomic E-state index is 14.8. The molecule has 6 N–H and O–H groups in total. The van der Waals surface area contributed by atoms with Gasteiger partial charge in [-0.2, -0.15) is 0 Å². The third-order valence-electron chi connectivity index (χ3n) is 4.94. The first-order valence-electron chi connectivity index (χ1n) is 9.64. The maximum absolute atomic E-state index is 14.8. The Labute approximate surface area is 199 Å². The SMILES string of the molecule is C/C(=C(\F)C(=O)Nc1ccc(-c2ccccc2S(N)(=O)=O)cc1Cl)c1ccc(C(=N)N)c(F)c1. The zero-order chi connectivity index (χ0) is 25.2. The second kappa shape index (κ2) is 9.72. The average molecular weight is 505 g/mol. The van der Waals surface area contributed by atoms with Crippen LogP contribution in [0.3, 0.4) is 0 Å². The van der Waals surface area contributed by atoms with Gasteiger partial charge in [0.05, 0.1) is 21.2 Å². The predicted molar refractivity (Wildman–Crippen MR) is 128 cm³/mol. The van der Waals surface area contributed by atoms with Gasteiger partial charge in [-0.15, -0.1) is 0 Å². The number of halogens is 3. The highest BCUT2D eigenvalue weighted by atomic mass is 35.5. The largest absolute Gasteiger partial charge is 0.384 e. The van der Waals surface area contributed by atoms with Crippen LogP contribution in [-0.4, -0.2) is 20.2 Å². The number of sulfonamides is 1. The molecular weight excluding hydrogens is 486 g/mol. The van der Waals surface area contributed by atoms with E-state index in [2.05, 4.69) is 5.32 Å². The maximum Gasteiger partial charge on any atom is 0.284 e. The van der Waals surface area contributed by atoms with Gasteiger partial charge in [0.15, 0.2) is 5.83 Å². The number of carbonyl (C=O) groups excluding carboxylic acids is 1. The second-order valence-electron chi connectivity index (χ2n) is 7.24. The summed E-state index contributed by atoms with van der Waals surface area (Å²) in [6, 6.07) is 13.9. The highest BCUT2D eigenvalue weighted by Gasteiger charge is 2.19. The quantitative estimate of drug-likeness (QED) is 0.224. The van der Waals surface area contributed by atoms with E-state index in [0.29, 0.717) is 11.1 Å². The summed E-state index contributed by atoms with van der Waals surface area (Å²) < 4.78 is 52.6. The monoisotopic (exact) mass is 504 g/mol. The Morgan fingerprint density at radius 2 is 1.76 bits per heavy atom. The molecule has 0 radical (unpaired) electrons. The number of allylic oxidation sites excluding steroid dienone is 1. The fourth-order valence-electron chi connectivity index (χ4n) is 3.18. The van der Waals surface area contributed by atoms with E-state index in [0.717, 1.165) is 6.07 Å². The number of nitrogens with two attached hydrogens (primary N) is 2. The van der Waals surface area contributed by atoms with Gasteiger partial charge in [0.1, 0.15) is 11.7 Å². The molecule has 34 heavy (non-hydrogen) atoms. The Hall–Kier alpha value is -3.60. The van der Waals surface area contributed by atoms with Crippen LogP contribution < -0.4 is 16.2 Å². The van der Waals surface area contributed by atoms with Crippen LogP contribution in [0, 0.1) is 11.2 Å². The van der Waals surface area contributed by atoms with E-state index in [9.17, 15) is 22.0 Å². The third kappa shape index (κ3) is 5.30. The Morgan fingerprint density at radius 1 is 1.09 bits per heavy atom. The minimum absolute atomic E-state index is 0.0254. The molecule has 0 aliphatic heterocycles. The molecule has 0 saturated carbocycles. The molecule has 0 heterocycles. The molecular formula is C23H19ClF2N4O3S. The molecule has 3 aromatic carbocycles. The van der Waals surface area contributed by atoms with Crippen LogP contribution in [0.15, 0.2) is 71.4 Å². The van der Waals surface area contributed by atoms with Gasteiger partial charge in [-0.1, -0.05) is 41.9 Å². The lowest BCUT2D eigenvalue weighted by molar-refractivity contribution is -0.114. The summed E-state index contributed by atoms with van der Waals surface area (Å²) >= 11 is 6.24. The van der Waals surface area contributed by atoms with Crippen molar-refractivity contribution in [1.82, 2.24) is 0 Å². The third-order valence-corrected chi connectivity index (χ3v) is 6.22. The number of anilines is 1. The highest BCUT2D eigenvalue weighted by Crippen LogP contribution is 2.32. The van der Waals surface area contributed by atoms with E-state index >= 15 is 0 Å². The van der Waals surface area contributed by atoms with E-state index in [1.165, 1.54) is 49.4 Å². The van der Waals surface area contributed by atoms with Crippen molar-refractivity contribution < 1.29 is 22.0 Å². The van der Waals surface area contributed by atoms with Crippen LogP contribution in [0.2, 0.25) is 5.02 Å². The molecule has 0 aromatic heterocycles. The molecule has 0 atom stereocenters. The van der Waals surface area contributed by atoms with Gasteiger partial charge < -0.3 is 11.1 Å². The van der Waals surface area contributed by atoms with Crippen molar-refractivity contribution in [3.63, 3.8) is 0 Å². The summed E-state index contributed by atoms with van der Waals surface area (Å²) in [4.78, 5) is 12.3. The van der Waals surface area contributed by atoms with Gasteiger partial charge in [-0.05, 0) is 54.0 Å². The summed E-state index contributed by atoms with van der Waals surface area (Å²) in [7, 11) is -4.00. The van der Waals surface area contributed by atoms with Gasteiger partial charge >= 0.3 is 0 Å². The van der Waals surface area contributed by atoms with Crippen LogP contribution in [-0.2, 0) is 14.8 Å². The van der Waals surface area contributed by atoms with Crippen LogP contribution >= 0.6 is 11.6 Å². The average Bonchev–Trinajstić information content (AvgIpc) is 2.78. The van der Waals surface area contributed by atoms with Crippen molar-refractivity contribution in [1.29, 1.82) is 5.41 Å². The first-order valence-corrected chi connectivity index (χ1v) is 11.6. The topological polar surface area (TPSA) is 139 Å². The lowest BCUT2D eigenvalue weighted by Crippen LogP contribution is -2.15. The molecule has 0 saturated heterocycles. The highest BCUT2D eigenvalue weighted by molar-refractivity contribution is 7.89. The molecule has 0 bridgehead atoms. The van der Waals surface area contributed by atoms with Gasteiger partial charge in [0, 0.05) is 5.56 Å². The molecule has 3 aromatic rings. The lowest BCUT2D eigenvalue weighted by atomic mass is 10.0. The zero-order valence-corrected chi connectivity index (χ0v) is 19.3. The van der Waals surface area contributed by atoms with Gasteiger partial charge in [-0.25, -0.2) is 22.3 Å². The number of amidine groups is 1. The first kappa shape index (κ1) is 25.0. The van der Waals surface area contributed by atoms with E-state index in [-0.39, 0.29) is 32.3 Å². The number of hydrogen-bond donors (Lipinski definition) is 4. The van der Waals surface area contributed by atoms with E-state index in [1.807, 2.05) is 0 Å². The summed E-state index contributed by atoms with van der Waals surface area (Å²) in [5.74, 6) is -3.59. The molecule has 0 fully saturated rings. The number of benzene rings is 3. The molecule has 176 valence electrons. The molecule has 1 amide bonds. The van der Waals surface area contributed by atoms with Crippen molar-refractivity contribution in [2.24, 2.45) is 10.9 Å². The fourth-order valence-corrected chi connectivity index (χ4v) is 4.17. The van der Waals surface area contributed by atoms with Gasteiger partial charge in [-0.3, -0.25) is 10.2 Å². The van der Waals surface area contributed by atoms with Gasteiger partial charge in [0.25, 0.3) is 5.91 Å². The minimum atomic E-state index is -4.00. The summed E-state index contributed by atoms with van der Waals surface area (Å²) in [5, 5.41) is 14.9. The lowest BCUT2D eigenvalue weighted by Gasteiger charge is -2.12. The Morgan fingerprint density at radius 3 is 2.35 bits per heavy atom. The molecule has 0 spiro atoms. The summed E-state index contributed by atoms with van der Waals surface area (Å²) in [6.07, 6.45) is 0. The number of primary sulfonamides is 1. The minimum Gasteiger partial charge on any atom is -0.384 e.